The van der Waals surface area contributed by atoms with Crippen LogP contribution in [-0.2, 0) is 6.42 Å². The van der Waals surface area contributed by atoms with E-state index in [2.05, 4.69) is 31.2 Å². The summed E-state index contributed by atoms with van der Waals surface area (Å²) in [6.45, 7) is 2.32. The second-order valence-corrected chi connectivity index (χ2v) is 7.57. The van der Waals surface area contributed by atoms with Gasteiger partial charge in [-0.05, 0) is 61.6 Å². The van der Waals surface area contributed by atoms with Gasteiger partial charge in [-0.3, -0.25) is 0 Å². The molecular formula is C22H36O. The molecule has 0 heterocycles. The molecule has 0 bridgehead atoms. The van der Waals surface area contributed by atoms with E-state index < -0.39 is 0 Å². The second kappa shape index (κ2) is 10.0. The fourth-order valence-electron chi connectivity index (χ4n) is 4.30. The topological polar surface area (TPSA) is 9.23 Å². The van der Waals surface area contributed by atoms with Gasteiger partial charge in [0.2, 0.25) is 0 Å². The van der Waals surface area contributed by atoms with Crippen LogP contribution in [0.2, 0.25) is 0 Å². The van der Waals surface area contributed by atoms with E-state index in [1.165, 1.54) is 89.0 Å². The van der Waals surface area contributed by atoms with Gasteiger partial charge in [0.05, 0.1) is 7.11 Å². The predicted molar refractivity (Wildman–Crippen MR) is 100 cm³/mol. The molecule has 130 valence electrons. The molecule has 1 heteroatoms. The number of aryl methyl sites for hydroxylation is 1. The first-order valence-electron chi connectivity index (χ1n) is 9.91. The third-order valence-corrected chi connectivity index (χ3v) is 5.81. The van der Waals surface area contributed by atoms with Gasteiger partial charge in [0.1, 0.15) is 5.75 Å². The van der Waals surface area contributed by atoms with E-state index in [0.29, 0.717) is 5.41 Å². The minimum Gasteiger partial charge on any atom is -0.497 e. The minimum absolute atomic E-state index is 0.702. The highest BCUT2D eigenvalue weighted by Crippen LogP contribution is 2.44. The zero-order valence-corrected chi connectivity index (χ0v) is 15.4. The SMILES string of the molecule is CCCCCC1(CCCCc2ccc(OC)cc2)CCCCC1. The molecule has 1 fully saturated rings. The van der Waals surface area contributed by atoms with Gasteiger partial charge >= 0.3 is 0 Å². The lowest BCUT2D eigenvalue weighted by molar-refractivity contribution is 0.147. The molecular weight excluding hydrogens is 280 g/mol. The number of hydrogen-bond acceptors (Lipinski definition) is 1. The third-order valence-electron chi connectivity index (χ3n) is 5.81. The summed E-state index contributed by atoms with van der Waals surface area (Å²) in [5.41, 5.74) is 2.15. The lowest BCUT2D eigenvalue weighted by atomic mass is 9.68. The number of ether oxygens (including phenoxy) is 1. The first kappa shape index (κ1) is 18.4. The molecule has 0 amide bonds. The van der Waals surface area contributed by atoms with E-state index >= 15 is 0 Å². The van der Waals surface area contributed by atoms with E-state index in [0.717, 1.165) is 5.75 Å². The number of hydrogen-bond donors (Lipinski definition) is 0. The van der Waals surface area contributed by atoms with Crippen molar-refractivity contribution in [1.82, 2.24) is 0 Å². The molecule has 0 aromatic heterocycles. The largest absolute Gasteiger partial charge is 0.497 e. The fraction of sp³-hybridized carbons (Fsp3) is 0.727. The van der Waals surface area contributed by atoms with Crippen LogP contribution in [0.4, 0.5) is 0 Å². The zero-order valence-electron chi connectivity index (χ0n) is 15.4. The maximum absolute atomic E-state index is 5.23. The summed E-state index contributed by atoms with van der Waals surface area (Å²) in [5.74, 6) is 0.964. The van der Waals surface area contributed by atoms with Crippen molar-refractivity contribution in [3.8, 4) is 5.75 Å². The molecule has 1 aromatic carbocycles. The first-order chi connectivity index (χ1) is 11.3. The van der Waals surface area contributed by atoms with Crippen LogP contribution in [-0.4, -0.2) is 7.11 Å². The van der Waals surface area contributed by atoms with Crippen LogP contribution in [0.5, 0.6) is 5.75 Å². The molecule has 23 heavy (non-hydrogen) atoms. The summed E-state index contributed by atoms with van der Waals surface area (Å²) in [6, 6.07) is 8.61. The Hall–Kier alpha value is -0.980. The Morgan fingerprint density at radius 1 is 0.870 bits per heavy atom. The summed E-state index contributed by atoms with van der Waals surface area (Å²) in [4.78, 5) is 0. The van der Waals surface area contributed by atoms with Crippen molar-refractivity contribution < 1.29 is 4.74 Å². The number of unbranched alkanes of at least 4 members (excludes halogenated alkanes) is 3. The molecule has 0 spiro atoms. The minimum atomic E-state index is 0.702. The van der Waals surface area contributed by atoms with Gasteiger partial charge < -0.3 is 4.74 Å². The normalized spacial score (nSPS) is 17.1. The quantitative estimate of drug-likeness (QED) is 0.425. The molecule has 1 saturated carbocycles. The van der Waals surface area contributed by atoms with Gasteiger partial charge in [-0.1, -0.05) is 64.0 Å². The molecule has 1 aromatic rings. The highest BCUT2D eigenvalue weighted by Gasteiger charge is 2.30. The number of benzene rings is 1. The van der Waals surface area contributed by atoms with Crippen LogP contribution < -0.4 is 4.74 Å². The standard InChI is InChI=1S/C22H36O/c1-3-4-7-16-22(17-8-5-9-18-22)19-10-6-11-20-12-14-21(23-2)15-13-20/h12-15H,3-11,16-19H2,1-2H3. The smallest absolute Gasteiger partial charge is 0.118 e. The molecule has 1 aliphatic carbocycles. The average molecular weight is 317 g/mol. The van der Waals surface area contributed by atoms with Crippen LogP contribution in [0.3, 0.4) is 0 Å². The van der Waals surface area contributed by atoms with Crippen molar-refractivity contribution in [2.75, 3.05) is 7.11 Å². The van der Waals surface area contributed by atoms with Crippen LogP contribution in [0.25, 0.3) is 0 Å². The van der Waals surface area contributed by atoms with Crippen LogP contribution in [0, 0.1) is 5.41 Å². The van der Waals surface area contributed by atoms with Gasteiger partial charge in [0.25, 0.3) is 0 Å². The van der Waals surface area contributed by atoms with Crippen molar-refractivity contribution in [1.29, 1.82) is 0 Å². The first-order valence-corrected chi connectivity index (χ1v) is 9.91. The molecule has 0 N–H and O–H groups in total. The van der Waals surface area contributed by atoms with Gasteiger partial charge in [-0.25, -0.2) is 0 Å². The molecule has 0 radical (unpaired) electrons. The number of methoxy groups -OCH3 is 1. The molecule has 2 rings (SSSR count). The highest BCUT2D eigenvalue weighted by molar-refractivity contribution is 5.27. The summed E-state index contributed by atoms with van der Waals surface area (Å²) in [5, 5.41) is 0. The van der Waals surface area contributed by atoms with E-state index in [9.17, 15) is 0 Å². The van der Waals surface area contributed by atoms with E-state index in [1.807, 2.05) is 0 Å². The predicted octanol–water partition coefficient (Wildman–Crippen LogP) is 6.94. The van der Waals surface area contributed by atoms with Crippen molar-refractivity contribution >= 4 is 0 Å². The Kier molecular flexibility index (Phi) is 7.99. The van der Waals surface area contributed by atoms with Crippen molar-refractivity contribution in [3.63, 3.8) is 0 Å². The summed E-state index contributed by atoms with van der Waals surface area (Å²) >= 11 is 0. The van der Waals surface area contributed by atoms with Gasteiger partial charge in [0.15, 0.2) is 0 Å². The Labute approximate surface area is 143 Å². The average Bonchev–Trinajstić information content (AvgIpc) is 2.60. The van der Waals surface area contributed by atoms with E-state index in [-0.39, 0.29) is 0 Å². The van der Waals surface area contributed by atoms with Crippen LogP contribution in [0.15, 0.2) is 24.3 Å². The molecule has 0 saturated heterocycles. The molecule has 0 unspecified atom stereocenters. The van der Waals surface area contributed by atoms with Gasteiger partial charge in [0, 0.05) is 0 Å². The molecule has 0 atom stereocenters. The Bertz CT molecular complexity index is 414. The van der Waals surface area contributed by atoms with Gasteiger partial charge in [-0.2, -0.15) is 0 Å². The summed E-state index contributed by atoms with van der Waals surface area (Å²) < 4.78 is 5.23. The van der Waals surface area contributed by atoms with E-state index in [1.54, 1.807) is 7.11 Å². The molecule has 1 nitrogen and oxygen atoms in total. The van der Waals surface area contributed by atoms with Crippen LogP contribution in [0.1, 0.15) is 89.5 Å². The summed E-state index contributed by atoms with van der Waals surface area (Å²) in [7, 11) is 1.73. The molecule has 0 aliphatic heterocycles. The second-order valence-electron chi connectivity index (χ2n) is 7.57. The maximum Gasteiger partial charge on any atom is 0.118 e. The summed E-state index contributed by atoms with van der Waals surface area (Å²) in [6.07, 6.45) is 18.6. The monoisotopic (exact) mass is 316 g/mol. The Morgan fingerprint density at radius 3 is 2.13 bits per heavy atom. The van der Waals surface area contributed by atoms with Crippen molar-refractivity contribution in [2.24, 2.45) is 5.41 Å². The lowest BCUT2D eigenvalue weighted by Crippen LogP contribution is -2.24. The Balaban J connectivity index is 1.74. The third kappa shape index (κ3) is 6.20. The van der Waals surface area contributed by atoms with Gasteiger partial charge in [-0.15, -0.1) is 0 Å². The van der Waals surface area contributed by atoms with Crippen molar-refractivity contribution in [3.05, 3.63) is 29.8 Å². The number of rotatable bonds is 10. The van der Waals surface area contributed by atoms with Crippen LogP contribution >= 0.6 is 0 Å². The Morgan fingerprint density at radius 2 is 1.52 bits per heavy atom. The lowest BCUT2D eigenvalue weighted by Gasteiger charge is -2.38. The van der Waals surface area contributed by atoms with E-state index in [4.69, 9.17) is 4.74 Å². The highest BCUT2D eigenvalue weighted by atomic mass is 16.5. The fourth-order valence-corrected chi connectivity index (χ4v) is 4.30. The van der Waals surface area contributed by atoms with Crippen molar-refractivity contribution in [2.45, 2.75) is 90.4 Å². The molecule has 1 aliphatic rings. The maximum atomic E-state index is 5.23. The zero-order chi connectivity index (χ0) is 16.4.